The van der Waals surface area contributed by atoms with Crippen LogP contribution in [0, 0.1) is 27.7 Å². The summed E-state index contributed by atoms with van der Waals surface area (Å²) in [4.78, 5) is 12.4. The normalized spacial score (nSPS) is 13.2. The Hall–Kier alpha value is -2.29. The van der Waals surface area contributed by atoms with Crippen LogP contribution in [0.2, 0.25) is 0 Å². The van der Waals surface area contributed by atoms with Crippen LogP contribution in [0.4, 0.5) is 0 Å². The lowest BCUT2D eigenvalue weighted by Crippen LogP contribution is -2.37. The van der Waals surface area contributed by atoms with Crippen molar-refractivity contribution in [2.24, 2.45) is 0 Å². The lowest BCUT2D eigenvalue weighted by Gasteiger charge is -2.20. The topological polar surface area (TPSA) is 38.3 Å². The van der Waals surface area contributed by atoms with Crippen molar-refractivity contribution in [1.82, 2.24) is 5.32 Å². The summed E-state index contributed by atoms with van der Waals surface area (Å²) < 4.78 is 5.86. The van der Waals surface area contributed by atoms with Crippen molar-refractivity contribution in [3.63, 3.8) is 0 Å². The van der Waals surface area contributed by atoms with Crippen LogP contribution in [-0.2, 0) is 4.79 Å². The number of carbonyl (C=O) groups excluding carboxylic acids is 1. The van der Waals surface area contributed by atoms with Gasteiger partial charge in [0, 0.05) is 0 Å². The highest BCUT2D eigenvalue weighted by Gasteiger charge is 2.18. The molecular weight excluding hydrogens is 298 g/mol. The number of aryl methyl sites for hydroxylation is 3. The highest BCUT2D eigenvalue weighted by molar-refractivity contribution is 5.81. The van der Waals surface area contributed by atoms with E-state index in [0.29, 0.717) is 0 Å². The average molecular weight is 325 g/mol. The number of hydrogen-bond acceptors (Lipinski definition) is 2. The van der Waals surface area contributed by atoms with E-state index in [-0.39, 0.29) is 11.9 Å². The fourth-order valence-electron chi connectivity index (χ4n) is 2.54. The van der Waals surface area contributed by atoms with Crippen molar-refractivity contribution >= 4 is 5.91 Å². The van der Waals surface area contributed by atoms with Crippen LogP contribution in [0.15, 0.2) is 36.4 Å². The number of hydrogen-bond donors (Lipinski definition) is 1. The molecule has 0 saturated carbocycles. The number of nitrogens with one attached hydrogen (secondary N) is 1. The summed E-state index contributed by atoms with van der Waals surface area (Å²) in [6.07, 6.45) is -0.542. The van der Waals surface area contributed by atoms with Gasteiger partial charge in [0.25, 0.3) is 5.91 Å². The van der Waals surface area contributed by atoms with E-state index >= 15 is 0 Å². The van der Waals surface area contributed by atoms with E-state index in [9.17, 15) is 4.79 Å². The molecule has 2 aromatic rings. The van der Waals surface area contributed by atoms with E-state index in [1.54, 1.807) is 6.92 Å². The van der Waals surface area contributed by atoms with Crippen LogP contribution in [0.5, 0.6) is 5.75 Å². The molecule has 0 bridgehead atoms. The van der Waals surface area contributed by atoms with Gasteiger partial charge in [0.15, 0.2) is 6.10 Å². The van der Waals surface area contributed by atoms with Crippen LogP contribution in [0.3, 0.4) is 0 Å². The van der Waals surface area contributed by atoms with E-state index < -0.39 is 6.10 Å². The maximum atomic E-state index is 12.4. The lowest BCUT2D eigenvalue weighted by atomic mass is 10.0. The molecule has 3 heteroatoms. The van der Waals surface area contributed by atoms with Gasteiger partial charge in [-0.2, -0.15) is 0 Å². The molecule has 2 aromatic carbocycles. The fraction of sp³-hybridized carbons (Fsp3) is 0.381. The zero-order valence-electron chi connectivity index (χ0n) is 15.4. The molecule has 1 amide bonds. The quantitative estimate of drug-likeness (QED) is 0.875. The first kappa shape index (κ1) is 18.1. The maximum Gasteiger partial charge on any atom is 0.261 e. The third-order valence-electron chi connectivity index (χ3n) is 4.62. The number of ether oxygens (including phenoxy) is 1. The Balaban J connectivity index is 2.02. The molecule has 0 saturated heterocycles. The van der Waals surface area contributed by atoms with E-state index in [1.807, 2.05) is 39.0 Å². The molecule has 0 aromatic heterocycles. The first-order valence-corrected chi connectivity index (χ1v) is 8.40. The molecular formula is C21H27NO2. The minimum Gasteiger partial charge on any atom is -0.481 e. The summed E-state index contributed by atoms with van der Waals surface area (Å²) in [7, 11) is 0. The number of benzene rings is 2. The minimum absolute atomic E-state index is 0.0542. The van der Waals surface area contributed by atoms with Gasteiger partial charge in [0.05, 0.1) is 6.04 Å². The fourth-order valence-corrected chi connectivity index (χ4v) is 2.54. The van der Waals surface area contributed by atoms with Gasteiger partial charge < -0.3 is 10.1 Å². The van der Waals surface area contributed by atoms with Crippen molar-refractivity contribution in [2.45, 2.75) is 53.7 Å². The lowest BCUT2D eigenvalue weighted by molar-refractivity contribution is -0.127. The van der Waals surface area contributed by atoms with Crippen molar-refractivity contribution in [1.29, 1.82) is 0 Å². The summed E-state index contributed by atoms with van der Waals surface area (Å²) in [6, 6.07) is 12.1. The summed E-state index contributed by atoms with van der Waals surface area (Å²) in [6.45, 7) is 12.0. The maximum absolute atomic E-state index is 12.4. The van der Waals surface area contributed by atoms with Crippen LogP contribution >= 0.6 is 0 Å². The van der Waals surface area contributed by atoms with Crippen LogP contribution in [0.25, 0.3) is 0 Å². The summed E-state index contributed by atoms with van der Waals surface area (Å²) in [5.74, 6) is 0.651. The molecule has 0 aliphatic heterocycles. The highest BCUT2D eigenvalue weighted by Crippen LogP contribution is 2.22. The Labute approximate surface area is 145 Å². The highest BCUT2D eigenvalue weighted by atomic mass is 16.5. The smallest absolute Gasteiger partial charge is 0.261 e. The molecule has 2 rings (SSSR count). The van der Waals surface area contributed by atoms with Crippen molar-refractivity contribution in [2.75, 3.05) is 0 Å². The van der Waals surface area contributed by atoms with Gasteiger partial charge in [-0.05, 0) is 75.4 Å². The van der Waals surface area contributed by atoms with Gasteiger partial charge in [-0.25, -0.2) is 0 Å². The van der Waals surface area contributed by atoms with Crippen LogP contribution in [0.1, 0.15) is 47.7 Å². The predicted octanol–water partition coefficient (Wildman–Crippen LogP) is 4.56. The monoisotopic (exact) mass is 325 g/mol. The van der Waals surface area contributed by atoms with Gasteiger partial charge >= 0.3 is 0 Å². The first-order valence-electron chi connectivity index (χ1n) is 8.40. The largest absolute Gasteiger partial charge is 0.481 e. The van der Waals surface area contributed by atoms with Crippen LogP contribution < -0.4 is 10.1 Å². The zero-order chi connectivity index (χ0) is 17.9. The minimum atomic E-state index is -0.542. The zero-order valence-corrected chi connectivity index (χ0v) is 15.4. The van der Waals surface area contributed by atoms with E-state index in [4.69, 9.17) is 4.74 Å². The molecule has 128 valence electrons. The first-order chi connectivity index (χ1) is 11.3. The average Bonchev–Trinajstić information content (AvgIpc) is 2.54. The third-order valence-corrected chi connectivity index (χ3v) is 4.62. The summed E-state index contributed by atoms with van der Waals surface area (Å²) in [5, 5.41) is 3.03. The van der Waals surface area contributed by atoms with Crippen molar-refractivity contribution in [3.8, 4) is 5.75 Å². The SMILES string of the molecule is Cc1ccc([C@H](C)NC(=O)[C@H](C)Oc2cccc(C)c2C)cc1C. The second kappa shape index (κ2) is 7.52. The van der Waals surface area contributed by atoms with Gasteiger partial charge in [0.1, 0.15) is 5.75 Å². The predicted molar refractivity (Wildman–Crippen MR) is 98.5 cm³/mol. The molecule has 0 aliphatic rings. The van der Waals surface area contributed by atoms with Crippen molar-refractivity contribution in [3.05, 3.63) is 64.2 Å². The molecule has 0 spiro atoms. The molecule has 0 aliphatic carbocycles. The molecule has 1 N–H and O–H groups in total. The summed E-state index contributed by atoms with van der Waals surface area (Å²) in [5.41, 5.74) is 5.81. The Bertz CT molecular complexity index is 737. The molecule has 0 radical (unpaired) electrons. The van der Waals surface area contributed by atoms with Crippen molar-refractivity contribution < 1.29 is 9.53 Å². The number of carbonyl (C=O) groups is 1. The van der Waals surface area contributed by atoms with Gasteiger partial charge in [0.2, 0.25) is 0 Å². The Morgan fingerprint density at radius 3 is 2.33 bits per heavy atom. The third kappa shape index (κ3) is 4.16. The van der Waals surface area contributed by atoms with Gasteiger partial charge in [-0.3, -0.25) is 4.79 Å². The Kier molecular flexibility index (Phi) is 5.66. The van der Waals surface area contributed by atoms with E-state index in [1.165, 1.54) is 11.1 Å². The molecule has 2 atom stereocenters. The second-order valence-electron chi connectivity index (χ2n) is 6.53. The van der Waals surface area contributed by atoms with E-state index in [2.05, 4.69) is 37.4 Å². The molecule has 0 fully saturated rings. The standard InChI is InChI=1S/C21H27NO2/c1-13-10-11-19(12-15(13)3)17(5)22-21(23)18(6)24-20-9-7-8-14(2)16(20)4/h7-12,17-18H,1-6H3,(H,22,23)/t17-,18-/m0/s1. The number of rotatable bonds is 5. The second-order valence-corrected chi connectivity index (χ2v) is 6.53. The summed E-state index contributed by atoms with van der Waals surface area (Å²) >= 11 is 0. The van der Waals surface area contributed by atoms with Crippen LogP contribution in [-0.4, -0.2) is 12.0 Å². The molecule has 24 heavy (non-hydrogen) atoms. The van der Waals surface area contributed by atoms with Gasteiger partial charge in [-0.15, -0.1) is 0 Å². The van der Waals surface area contributed by atoms with E-state index in [0.717, 1.165) is 22.4 Å². The Morgan fingerprint density at radius 1 is 0.958 bits per heavy atom. The molecule has 0 unspecified atom stereocenters. The molecule has 0 heterocycles. The Morgan fingerprint density at radius 2 is 1.67 bits per heavy atom. The number of amides is 1. The van der Waals surface area contributed by atoms with Gasteiger partial charge in [-0.1, -0.05) is 30.3 Å². The molecule has 3 nitrogen and oxygen atoms in total.